The van der Waals surface area contributed by atoms with Crippen LogP contribution < -0.4 is 0 Å². The van der Waals surface area contributed by atoms with Crippen LogP contribution in [-0.2, 0) is 0 Å². The van der Waals surface area contributed by atoms with Crippen LogP contribution in [0.3, 0.4) is 0 Å². The van der Waals surface area contributed by atoms with Crippen LogP contribution in [0.2, 0.25) is 0 Å². The van der Waals surface area contributed by atoms with E-state index in [0.717, 1.165) is 5.92 Å². The number of hydrogen-bond donors (Lipinski definition) is 0. The summed E-state index contributed by atoms with van der Waals surface area (Å²) in [5, 5.41) is 0. The first-order valence-corrected chi connectivity index (χ1v) is 5.42. The van der Waals surface area contributed by atoms with Gasteiger partial charge in [-0.15, -0.1) is 0 Å². The largest absolute Gasteiger partial charge is 0.0819 e. The molecule has 2 rings (SSSR count). The summed E-state index contributed by atoms with van der Waals surface area (Å²) in [5.74, 6) is 0.853. The summed E-state index contributed by atoms with van der Waals surface area (Å²) in [6.45, 7) is 4.84. The molecular weight excluding hydrogens is 144 g/mol. The number of rotatable bonds is 0. The van der Waals surface area contributed by atoms with Crippen molar-refractivity contribution >= 4 is 0 Å². The van der Waals surface area contributed by atoms with E-state index in [9.17, 15) is 0 Å². The molecule has 0 radical (unpaired) electrons. The predicted octanol–water partition coefficient (Wildman–Crippen LogP) is 3.92. The Kier molecular flexibility index (Phi) is 2.02. The van der Waals surface area contributed by atoms with Gasteiger partial charge in [-0.3, -0.25) is 0 Å². The van der Waals surface area contributed by atoms with Crippen molar-refractivity contribution in [1.29, 1.82) is 0 Å². The lowest BCUT2D eigenvalue weighted by atomic mass is 9.64. The molecule has 0 aromatic heterocycles. The molecule has 1 saturated carbocycles. The Labute approximate surface area is 76.1 Å². The molecule has 12 heavy (non-hydrogen) atoms. The Morgan fingerprint density at radius 1 is 1.33 bits per heavy atom. The highest BCUT2D eigenvalue weighted by Crippen LogP contribution is 2.47. The van der Waals surface area contributed by atoms with E-state index in [0.29, 0.717) is 5.41 Å². The Bertz CT molecular complexity index is 202. The maximum Gasteiger partial charge on any atom is -0.0116 e. The van der Waals surface area contributed by atoms with Crippen molar-refractivity contribution in [2.24, 2.45) is 11.3 Å². The number of fused-ring (bicyclic) bond motifs is 1. The van der Waals surface area contributed by atoms with Crippen molar-refractivity contribution in [3.8, 4) is 0 Å². The van der Waals surface area contributed by atoms with Crippen molar-refractivity contribution in [2.45, 2.75) is 52.4 Å². The van der Waals surface area contributed by atoms with E-state index in [4.69, 9.17) is 0 Å². The second kappa shape index (κ2) is 2.90. The Morgan fingerprint density at radius 3 is 3.00 bits per heavy atom. The third-order valence-electron chi connectivity index (χ3n) is 3.84. The minimum Gasteiger partial charge on any atom is -0.0819 e. The Hall–Kier alpha value is -0.260. The van der Waals surface area contributed by atoms with Gasteiger partial charge in [-0.05, 0) is 43.4 Å². The maximum atomic E-state index is 2.56. The van der Waals surface area contributed by atoms with Crippen LogP contribution in [0, 0.1) is 11.3 Å². The molecule has 0 nitrogen and oxygen atoms in total. The summed E-state index contributed by atoms with van der Waals surface area (Å²) in [7, 11) is 0. The van der Waals surface area contributed by atoms with E-state index in [1.165, 1.54) is 38.5 Å². The molecule has 68 valence electrons. The molecule has 1 fully saturated rings. The van der Waals surface area contributed by atoms with Gasteiger partial charge in [0.15, 0.2) is 0 Å². The molecule has 0 aromatic carbocycles. The highest BCUT2D eigenvalue weighted by Gasteiger charge is 2.33. The van der Waals surface area contributed by atoms with Crippen molar-refractivity contribution in [3.63, 3.8) is 0 Å². The third-order valence-corrected chi connectivity index (χ3v) is 3.84. The van der Waals surface area contributed by atoms with Crippen LogP contribution in [-0.4, -0.2) is 0 Å². The highest BCUT2D eigenvalue weighted by molar-refractivity contribution is 5.19. The molecule has 2 aliphatic carbocycles. The molecule has 0 spiro atoms. The van der Waals surface area contributed by atoms with Crippen LogP contribution in [0.25, 0.3) is 0 Å². The number of allylic oxidation sites excluding steroid dienone is 2. The summed E-state index contributed by atoms with van der Waals surface area (Å²) in [5.41, 5.74) is 2.40. The monoisotopic (exact) mass is 164 g/mol. The molecular formula is C12H20. The minimum absolute atomic E-state index is 0.616. The molecule has 0 unspecified atom stereocenters. The number of hydrogen-bond acceptors (Lipinski definition) is 0. The molecule has 2 aliphatic rings. The molecule has 0 bridgehead atoms. The van der Waals surface area contributed by atoms with E-state index < -0.39 is 0 Å². The standard InChI is InChI=1S/C12H20/c1-10-6-8-12(2)7-4-3-5-11(12)9-10/h9-10H,3-8H2,1-2H3/t10-,12-/m0/s1. The molecule has 0 aromatic rings. The van der Waals surface area contributed by atoms with Gasteiger partial charge in [-0.1, -0.05) is 31.9 Å². The normalized spacial score (nSPS) is 41.8. The van der Waals surface area contributed by atoms with Crippen LogP contribution in [0.4, 0.5) is 0 Å². The van der Waals surface area contributed by atoms with E-state index in [-0.39, 0.29) is 0 Å². The highest BCUT2D eigenvalue weighted by atomic mass is 14.4. The van der Waals surface area contributed by atoms with Crippen LogP contribution in [0.5, 0.6) is 0 Å². The molecule has 0 N–H and O–H groups in total. The van der Waals surface area contributed by atoms with Gasteiger partial charge in [0.25, 0.3) is 0 Å². The fourth-order valence-corrected chi connectivity index (χ4v) is 2.84. The Balaban J connectivity index is 2.23. The van der Waals surface area contributed by atoms with Crippen molar-refractivity contribution in [3.05, 3.63) is 11.6 Å². The zero-order valence-electron chi connectivity index (χ0n) is 8.40. The van der Waals surface area contributed by atoms with Gasteiger partial charge in [0, 0.05) is 0 Å². The lowest BCUT2D eigenvalue weighted by Gasteiger charge is -2.41. The van der Waals surface area contributed by atoms with Gasteiger partial charge < -0.3 is 0 Å². The average molecular weight is 164 g/mol. The first-order chi connectivity index (χ1) is 5.71. The summed E-state index contributed by atoms with van der Waals surface area (Å²) in [6, 6.07) is 0. The van der Waals surface area contributed by atoms with Gasteiger partial charge in [0.05, 0.1) is 0 Å². The van der Waals surface area contributed by atoms with Gasteiger partial charge >= 0.3 is 0 Å². The molecule has 0 heteroatoms. The first-order valence-electron chi connectivity index (χ1n) is 5.42. The topological polar surface area (TPSA) is 0 Å². The average Bonchev–Trinajstić information content (AvgIpc) is 2.06. The molecule has 2 atom stereocenters. The molecule has 0 amide bonds. The smallest absolute Gasteiger partial charge is 0.0116 e. The second-order valence-electron chi connectivity index (χ2n) is 4.98. The van der Waals surface area contributed by atoms with E-state index >= 15 is 0 Å². The molecule has 0 aliphatic heterocycles. The summed E-state index contributed by atoms with van der Waals surface area (Å²) in [4.78, 5) is 0. The SMILES string of the molecule is C[C@@H]1C=C2CCCC[C@@]2(C)CC1. The van der Waals surface area contributed by atoms with E-state index in [2.05, 4.69) is 19.9 Å². The zero-order chi connectivity index (χ0) is 8.60. The van der Waals surface area contributed by atoms with Crippen molar-refractivity contribution in [1.82, 2.24) is 0 Å². The predicted molar refractivity (Wildman–Crippen MR) is 53.1 cm³/mol. The maximum absolute atomic E-state index is 2.56. The van der Waals surface area contributed by atoms with Crippen LogP contribution >= 0.6 is 0 Å². The van der Waals surface area contributed by atoms with E-state index in [1.807, 2.05) is 0 Å². The molecule has 0 saturated heterocycles. The summed E-state index contributed by atoms with van der Waals surface area (Å²) in [6.07, 6.45) is 11.2. The first kappa shape index (κ1) is 8.34. The van der Waals surface area contributed by atoms with Crippen LogP contribution in [0.15, 0.2) is 11.6 Å². The Morgan fingerprint density at radius 2 is 2.17 bits per heavy atom. The van der Waals surface area contributed by atoms with Crippen LogP contribution in [0.1, 0.15) is 52.4 Å². The minimum atomic E-state index is 0.616. The fourth-order valence-electron chi connectivity index (χ4n) is 2.84. The third kappa shape index (κ3) is 1.32. The second-order valence-corrected chi connectivity index (χ2v) is 4.98. The molecule has 0 heterocycles. The lowest BCUT2D eigenvalue weighted by molar-refractivity contribution is 0.245. The van der Waals surface area contributed by atoms with Gasteiger partial charge in [0.1, 0.15) is 0 Å². The van der Waals surface area contributed by atoms with Gasteiger partial charge in [0.2, 0.25) is 0 Å². The van der Waals surface area contributed by atoms with E-state index in [1.54, 1.807) is 5.57 Å². The summed E-state index contributed by atoms with van der Waals surface area (Å²) >= 11 is 0. The van der Waals surface area contributed by atoms with Crippen molar-refractivity contribution < 1.29 is 0 Å². The zero-order valence-corrected chi connectivity index (χ0v) is 8.40. The summed E-state index contributed by atoms with van der Waals surface area (Å²) < 4.78 is 0. The lowest BCUT2D eigenvalue weighted by Crippen LogP contribution is -2.27. The quantitative estimate of drug-likeness (QED) is 0.476. The fraction of sp³-hybridized carbons (Fsp3) is 0.833. The van der Waals surface area contributed by atoms with Crippen molar-refractivity contribution in [2.75, 3.05) is 0 Å². The van der Waals surface area contributed by atoms with Gasteiger partial charge in [-0.2, -0.15) is 0 Å². The van der Waals surface area contributed by atoms with Gasteiger partial charge in [-0.25, -0.2) is 0 Å².